The van der Waals surface area contributed by atoms with E-state index in [1.54, 1.807) is 28.6 Å². The summed E-state index contributed by atoms with van der Waals surface area (Å²) in [4.78, 5) is 14.2. The first-order valence-corrected chi connectivity index (χ1v) is 11.1. The lowest BCUT2D eigenvalue weighted by Crippen LogP contribution is -2.53. The Labute approximate surface area is 175 Å². The van der Waals surface area contributed by atoms with Crippen LogP contribution in [-0.4, -0.2) is 53.9 Å². The SMILES string of the molecule is Cc1ccc(C)c(S(=O)(=O)NCC(=O)N2CC(n3cc(-c4ccccc4)nn3)C2)c1. The first-order chi connectivity index (χ1) is 14.3. The van der Waals surface area contributed by atoms with Crippen LogP contribution in [0, 0.1) is 13.8 Å². The Morgan fingerprint density at radius 1 is 1.13 bits per heavy atom. The number of hydrogen-bond donors (Lipinski definition) is 1. The summed E-state index contributed by atoms with van der Waals surface area (Å²) < 4.78 is 29.3. The van der Waals surface area contributed by atoms with Crippen LogP contribution < -0.4 is 4.72 Å². The molecule has 1 aliphatic rings. The first-order valence-electron chi connectivity index (χ1n) is 9.65. The maximum atomic E-state index is 12.6. The highest BCUT2D eigenvalue weighted by Crippen LogP contribution is 2.23. The second kappa shape index (κ2) is 8.00. The van der Waals surface area contributed by atoms with Crippen molar-refractivity contribution in [2.45, 2.75) is 24.8 Å². The molecular weight excluding hydrogens is 402 g/mol. The summed E-state index contributed by atoms with van der Waals surface area (Å²) in [7, 11) is -3.74. The molecule has 1 amide bonds. The zero-order valence-corrected chi connectivity index (χ0v) is 17.6. The van der Waals surface area contributed by atoms with E-state index in [4.69, 9.17) is 0 Å². The molecule has 0 saturated carbocycles. The normalized spacial score (nSPS) is 14.5. The number of rotatable bonds is 6. The van der Waals surface area contributed by atoms with E-state index in [0.29, 0.717) is 18.7 Å². The molecule has 1 saturated heterocycles. The van der Waals surface area contributed by atoms with Crippen molar-refractivity contribution in [3.8, 4) is 11.3 Å². The molecule has 2 aromatic carbocycles. The molecule has 0 atom stereocenters. The zero-order chi connectivity index (χ0) is 21.3. The minimum absolute atomic E-state index is 0.0366. The molecular formula is C21H23N5O3S. The van der Waals surface area contributed by atoms with Gasteiger partial charge in [-0.2, -0.15) is 0 Å². The van der Waals surface area contributed by atoms with Crippen molar-refractivity contribution in [1.82, 2.24) is 24.6 Å². The number of carbonyl (C=O) groups excluding carboxylic acids is 1. The van der Waals surface area contributed by atoms with Crippen molar-refractivity contribution in [1.29, 1.82) is 0 Å². The van der Waals surface area contributed by atoms with Gasteiger partial charge in [-0.15, -0.1) is 5.10 Å². The smallest absolute Gasteiger partial charge is 0.241 e. The van der Waals surface area contributed by atoms with Crippen LogP contribution in [0.4, 0.5) is 0 Å². The number of amides is 1. The predicted octanol–water partition coefficient (Wildman–Crippen LogP) is 1.92. The van der Waals surface area contributed by atoms with Gasteiger partial charge in [-0.1, -0.05) is 47.7 Å². The van der Waals surface area contributed by atoms with Gasteiger partial charge in [-0.3, -0.25) is 4.79 Å². The molecule has 8 nitrogen and oxygen atoms in total. The van der Waals surface area contributed by atoms with Gasteiger partial charge in [-0.25, -0.2) is 17.8 Å². The van der Waals surface area contributed by atoms with Crippen molar-refractivity contribution in [2.75, 3.05) is 19.6 Å². The quantitative estimate of drug-likeness (QED) is 0.651. The van der Waals surface area contributed by atoms with Crippen LogP contribution in [0.15, 0.2) is 59.6 Å². The lowest BCUT2D eigenvalue weighted by atomic mass is 10.1. The highest BCUT2D eigenvalue weighted by atomic mass is 32.2. The first kappa shape index (κ1) is 20.2. The fourth-order valence-corrected chi connectivity index (χ4v) is 4.67. The molecule has 2 heterocycles. The summed E-state index contributed by atoms with van der Waals surface area (Å²) in [6.07, 6.45) is 1.87. The monoisotopic (exact) mass is 425 g/mol. The van der Waals surface area contributed by atoms with E-state index in [1.807, 2.05) is 49.5 Å². The third-order valence-corrected chi connectivity index (χ3v) is 6.76. The molecule has 1 aliphatic heterocycles. The predicted molar refractivity (Wildman–Crippen MR) is 112 cm³/mol. The summed E-state index contributed by atoms with van der Waals surface area (Å²) in [5, 5.41) is 8.36. The molecule has 9 heteroatoms. The minimum Gasteiger partial charge on any atom is -0.337 e. The fraction of sp³-hybridized carbons (Fsp3) is 0.286. The second-order valence-corrected chi connectivity index (χ2v) is 9.23. The van der Waals surface area contributed by atoms with Gasteiger partial charge in [0.2, 0.25) is 15.9 Å². The van der Waals surface area contributed by atoms with Gasteiger partial charge in [0.15, 0.2) is 0 Å². The molecule has 1 N–H and O–H groups in total. The summed E-state index contributed by atoms with van der Waals surface area (Å²) >= 11 is 0. The number of aromatic nitrogens is 3. The molecule has 1 aromatic heterocycles. The van der Waals surface area contributed by atoms with E-state index in [1.165, 1.54) is 0 Å². The highest BCUT2D eigenvalue weighted by molar-refractivity contribution is 7.89. The van der Waals surface area contributed by atoms with Crippen molar-refractivity contribution < 1.29 is 13.2 Å². The molecule has 0 aliphatic carbocycles. The van der Waals surface area contributed by atoms with E-state index in [2.05, 4.69) is 15.0 Å². The van der Waals surface area contributed by atoms with Crippen LogP contribution in [0.2, 0.25) is 0 Å². The Balaban J connectivity index is 1.33. The Morgan fingerprint density at radius 3 is 2.60 bits per heavy atom. The Morgan fingerprint density at radius 2 is 1.87 bits per heavy atom. The van der Waals surface area contributed by atoms with Crippen LogP contribution in [-0.2, 0) is 14.8 Å². The zero-order valence-electron chi connectivity index (χ0n) is 16.8. The molecule has 0 radical (unpaired) electrons. The van der Waals surface area contributed by atoms with Gasteiger partial charge in [-0.05, 0) is 31.0 Å². The van der Waals surface area contributed by atoms with Gasteiger partial charge in [0, 0.05) is 18.7 Å². The summed E-state index contributed by atoms with van der Waals surface area (Å²) in [6, 6.07) is 15.0. The Bertz CT molecular complexity index is 1170. The molecule has 30 heavy (non-hydrogen) atoms. The average Bonchev–Trinajstić information content (AvgIpc) is 3.17. The lowest BCUT2D eigenvalue weighted by Gasteiger charge is -2.38. The van der Waals surface area contributed by atoms with Gasteiger partial charge in [0.05, 0.1) is 23.7 Å². The van der Waals surface area contributed by atoms with Crippen LogP contribution in [0.3, 0.4) is 0 Å². The molecule has 4 rings (SSSR count). The minimum atomic E-state index is -3.74. The van der Waals surface area contributed by atoms with Crippen LogP contribution in [0.5, 0.6) is 0 Å². The largest absolute Gasteiger partial charge is 0.337 e. The van der Waals surface area contributed by atoms with Crippen LogP contribution in [0.1, 0.15) is 17.2 Å². The summed E-state index contributed by atoms with van der Waals surface area (Å²) in [5.74, 6) is -0.261. The van der Waals surface area contributed by atoms with E-state index in [-0.39, 0.29) is 23.4 Å². The standard InChI is InChI=1S/C21H23N5O3S/c1-15-8-9-16(2)20(10-15)30(28,29)22-11-21(27)25-12-18(13-25)26-14-19(23-24-26)17-6-4-3-5-7-17/h3-10,14,18,22H,11-13H2,1-2H3. The summed E-state index contributed by atoms with van der Waals surface area (Å²) in [5.41, 5.74) is 3.25. The van der Waals surface area contributed by atoms with Gasteiger partial charge >= 0.3 is 0 Å². The highest BCUT2D eigenvalue weighted by Gasteiger charge is 2.33. The number of likely N-dealkylation sites (tertiary alicyclic amines) is 1. The molecule has 3 aromatic rings. The van der Waals surface area contributed by atoms with Crippen LogP contribution >= 0.6 is 0 Å². The van der Waals surface area contributed by atoms with Crippen molar-refractivity contribution in [2.24, 2.45) is 0 Å². The topological polar surface area (TPSA) is 97.2 Å². The molecule has 0 spiro atoms. The Kier molecular flexibility index (Phi) is 5.40. The number of hydrogen-bond acceptors (Lipinski definition) is 5. The van der Waals surface area contributed by atoms with Crippen molar-refractivity contribution in [3.63, 3.8) is 0 Å². The number of benzene rings is 2. The van der Waals surface area contributed by atoms with Crippen molar-refractivity contribution in [3.05, 3.63) is 65.9 Å². The number of nitrogens with one attached hydrogen (secondary N) is 1. The third-order valence-electron chi connectivity index (χ3n) is 5.22. The fourth-order valence-electron chi connectivity index (χ4n) is 3.37. The maximum Gasteiger partial charge on any atom is 0.241 e. The Hall–Kier alpha value is -3.04. The lowest BCUT2D eigenvalue weighted by molar-refractivity contribution is -0.135. The second-order valence-electron chi connectivity index (χ2n) is 7.50. The number of nitrogens with zero attached hydrogens (tertiary/aromatic N) is 4. The molecule has 156 valence electrons. The number of carbonyl (C=O) groups is 1. The average molecular weight is 426 g/mol. The van der Waals surface area contributed by atoms with E-state index in [0.717, 1.165) is 16.8 Å². The number of aryl methyl sites for hydroxylation is 2. The van der Waals surface area contributed by atoms with Gasteiger partial charge < -0.3 is 4.90 Å². The van der Waals surface area contributed by atoms with E-state index >= 15 is 0 Å². The molecule has 1 fully saturated rings. The van der Waals surface area contributed by atoms with Crippen molar-refractivity contribution >= 4 is 15.9 Å². The van der Waals surface area contributed by atoms with Gasteiger partial charge in [0.1, 0.15) is 5.69 Å². The van der Waals surface area contributed by atoms with E-state index in [9.17, 15) is 13.2 Å². The third kappa shape index (κ3) is 4.12. The molecule has 0 bridgehead atoms. The summed E-state index contributed by atoms with van der Waals surface area (Å²) in [6.45, 7) is 4.24. The van der Waals surface area contributed by atoms with Crippen LogP contribution in [0.25, 0.3) is 11.3 Å². The molecule has 0 unspecified atom stereocenters. The number of sulfonamides is 1. The van der Waals surface area contributed by atoms with E-state index < -0.39 is 10.0 Å². The van der Waals surface area contributed by atoms with Gasteiger partial charge in [0.25, 0.3) is 0 Å². The maximum absolute atomic E-state index is 12.6.